The summed E-state index contributed by atoms with van der Waals surface area (Å²) in [7, 11) is 0. The van der Waals surface area contributed by atoms with Crippen LogP contribution in [0.15, 0.2) is 66.3 Å². The molecule has 0 aromatic heterocycles. The molecule has 2 fully saturated rings. The predicted molar refractivity (Wildman–Crippen MR) is 137 cm³/mol. The number of nitrogens with one attached hydrogen (secondary N) is 1. The summed E-state index contributed by atoms with van der Waals surface area (Å²) >= 11 is 0. The van der Waals surface area contributed by atoms with Crippen molar-refractivity contribution >= 4 is 17.8 Å². The average molecular weight is 493 g/mol. The van der Waals surface area contributed by atoms with Crippen molar-refractivity contribution in [2.45, 2.75) is 63.5 Å². The summed E-state index contributed by atoms with van der Waals surface area (Å²) in [6, 6.07) is 9.38. The predicted octanol–water partition coefficient (Wildman–Crippen LogP) is 3.87. The van der Waals surface area contributed by atoms with Crippen molar-refractivity contribution in [2.75, 3.05) is 6.61 Å². The number of carbonyl (C=O) groups excluding carboxylic acids is 2. The Morgan fingerprint density at radius 1 is 1.28 bits per heavy atom. The van der Waals surface area contributed by atoms with Gasteiger partial charge in [-0.05, 0) is 56.1 Å². The molecule has 192 valence electrons. The minimum absolute atomic E-state index is 0.103. The van der Waals surface area contributed by atoms with E-state index in [0.717, 1.165) is 24.0 Å². The van der Waals surface area contributed by atoms with Gasteiger partial charge in [-0.1, -0.05) is 61.6 Å². The first-order valence-electron chi connectivity index (χ1n) is 12.5. The molecule has 7 heteroatoms. The van der Waals surface area contributed by atoms with E-state index < -0.39 is 28.4 Å². The lowest BCUT2D eigenvalue weighted by Crippen LogP contribution is -2.67. The normalized spacial score (nSPS) is 33.1. The van der Waals surface area contributed by atoms with Crippen LogP contribution in [-0.4, -0.2) is 40.6 Å². The number of carboxylic acids is 1. The first kappa shape index (κ1) is 25.9. The molecule has 2 heterocycles. The Hall–Kier alpha value is -3.19. The Morgan fingerprint density at radius 3 is 2.58 bits per heavy atom. The number of carboxylic acid groups (broad SMARTS) is 1. The molecule has 2 aliphatic heterocycles. The number of rotatable bonds is 6. The molecule has 3 aliphatic rings. The highest BCUT2D eigenvalue weighted by Crippen LogP contribution is 2.59. The molecule has 1 aromatic carbocycles. The summed E-state index contributed by atoms with van der Waals surface area (Å²) in [5.74, 6) is -2.50. The molecular formula is C29H36N2O5. The van der Waals surface area contributed by atoms with Crippen molar-refractivity contribution in [3.63, 3.8) is 0 Å². The number of aliphatic carboxylic acids is 1. The molecule has 0 radical (unpaired) electrons. The fraction of sp³-hybridized carbons (Fsp3) is 0.483. The van der Waals surface area contributed by atoms with Gasteiger partial charge < -0.3 is 20.9 Å². The van der Waals surface area contributed by atoms with Crippen molar-refractivity contribution < 1.29 is 24.2 Å². The van der Waals surface area contributed by atoms with Crippen molar-refractivity contribution in [3.05, 3.63) is 71.8 Å². The van der Waals surface area contributed by atoms with E-state index in [1.807, 2.05) is 43.3 Å². The standard InChI is InChI=1S/C29H36N2O5/c1-18-10-13-22-27(2,21(18)12-11-20-15-17-36-25(20)33)16-14-23(32)31-29(22,4)24(28(3,30)26(34)35)19-8-6-5-7-9-19/h5-9,11-12,15,21-22,24H,1,10,13-14,16-17,30H2,2-4H3,(H,31,32)(H,34,35)/b12-11+/t21-,22+,24?,27+,28?,29-/m1/s1. The van der Waals surface area contributed by atoms with Gasteiger partial charge in [0.15, 0.2) is 0 Å². The van der Waals surface area contributed by atoms with Crippen LogP contribution in [-0.2, 0) is 19.1 Å². The van der Waals surface area contributed by atoms with Crippen LogP contribution in [0, 0.1) is 17.3 Å². The van der Waals surface area contributed by atoms with Crippen LogP contribution in [0.2, 0.25) is 0 Å². The van der Waals surface area contributed by atoms with Crippen molar-refractivity contribution in [1.29, 1.82) is 0 Å². The quantitative estimate of drug-likeness (QED) is 0.410. The number of amides is 1. The molecule has 1 saturated heterocycles. The maximum absolute atomic E-state index is 13.2. The Bertz CT molecular complexity index is 1140. The monoisotopic (exact) mass is 492 g/mol. The molecule has 2 unspecified atom stereocenters. The molecule has 1 saturated carbocycles. The largest absolute Gasteiger partial charge is 0.480 e. The maximum Gasteiger partial charge on any atom is 0.338 e. The second-order valence-electron chi connectivity index (χ2n) is 11.1. The van der Waals surface area contributed by atoms with Crippen LogP contribution < -0.4 is 11.1 Å². The lowest BCUT2D eigenvalue weighted by Gasteiger charge is -2.57. The molecule has 1 aromatic rings. The van der Waals surface area contributed by atoms with E-state index in [0.29, 0.717) is 18.4 Å². The number of hydrogen-bond donors (Lipinski definition) is 3. The van der Waals surface area contributed by atoms with Gasteiger partial charge in [-0.3, -0.25) is 9.59 Å². The second kappa shape index (κ2) is 9.36. The van der Waals surface area contributed by atoms with Gasteiger partial charge in [0, 0.05) is 23.8 Å². The van der Waals surface area contributed by atoms with Crippen molar-refractivity contribution in [2.24, 2.45) is 23.0 Å². The number of nitrogens with two attached hydrogens (primary N) is 1. The van der Waals surface area contributed by atoms with E-state index in [1.54, 1.807) is 12.2 Å². The van der Waals surface area contributed by atoms with Crippen LogP contribution in [0.3, 0.4) is 0 Å². The smallest absolute Gasteiger partial charge is 0.338 e. The molecule has 1 aliphatic carbocycles. The fourth-order valence-corrected chi connectivity index (χ4v) is 7.07. The van der Waals surface area contributed by atoms with Crippen molar-refractivity contribution in [1.82, 2.24) is 5.32 Å². The van der Waals surface area contributed by atoms with Gasteiger partial charge in [-0.2, -0.15) is 0 Å². The van der Waals surface area contributed by atoms with Gasteiger partial charge in [-0.25, -0.2) is 4.79 Å². The van der Waals surface area contributed by atoms with Gasteiger partial charge in [0.25, 0.3) is 0 Å². The molecule has 4 rings (SSSR count). The summed E-state index contributed by atoms with van der Waals surface area (Å²) < 4.78 is 5.04. The zero-order valence-corrected chi connectivity index (χ0v) is 21.3. The number of fused-ring (bicyclic) bond motifs is 1. The van der Waals surface area contributed by atoms with Gasteiger partial charge in [0.05, 0.1) is 5.57 Å². The summed E-state index contributed by atoms with van der Waals surface area (Å²) in [6.07, 6.45) is 7.94. The second-order valence-corrected chi connectivity index (χ2v) is 11.1. The number of hydrogen-bond acceptors (Lipinski definition) is 5. The van der Waals surface area contributed by atoms with Gasteiger partial charge in [-0.15, -0.1) is 0 Å². The third kappa shape index (κ3) is 4.30. The highest BCUT2D eigenvalue weighted by molar-refractivity contribution is 5.93. The molecule has 7 nitrogen and oxygen atoms in total. The number of carbonyl (C=O) groups is 3. The van der Waals surface area contributed by atoms with Gasteiger partial charge in [0.1, 0.15) is 12.1 Å². The van der Waals surface area contributed by atoms with Gasteiger partial charge in [0.2, 0.25) is 5.91 Å². The molecule has 0 bridgehead atoms. The van der Waals surface area contributed by atoms with E-state index in [2.05, 4.69) is 18.8 Å². The van der Waals surface area contributed by atoms with E-state index >= 15 is 0 Å². The lowest BCUT2D eigenvalue weighted by molar-refractivity contribution is -0.146. The number of benzene rings is 1. The minimum Gasteiger partial charge on any atom is -0.480 e. The first-order chi connectivity index (χ1) is 16.9. The number of cyclic esters (lactones) is 1. The topological polar surface area (TPSA) is 119 Å². The zero-order chi connectivity index (χ0) is 26.3. The van der Waals surface area contributed by atoms with E-state index in [4.69, 9.17) is 10.5 Å². The van der Waals surface area contributed by atoms with E-state index in [1.165, 1.54) is 6.92 Å². The summed E-state index contributed by atoms with van der Waals surface area (Å²) in [5, 5.41) is 13.5. The highest BCUT2D eigenvalue weighted by Gasteiger charge is 2.60. The Morgan fingerprint density at radius 2 is 1.97 bits per heavy atom. The first-order valence-corrected chi connectivity index (χ1v) is 12.5. The van der Waals surface area contributed by atoms with Crippen LogP contribution >= 0.6 is 0 Å². The van der Waals surface area contributed by atoms with E-state index in [9.17, 15) is 19.5 Å². The highest BCUT2D eigenvalue weighted by atomic mass is 16.5. The Labute approximate surface area is 212 Å². The van der Waals surface area contributed by atoms with E-state index in [-0.39, 0.29) is 30.3 Å². The maximum atomic E-state index is 13.2. The van der Waals surface area contributed by atoms with Crippen LogP contribution in [0.5, 0.6) is 0 Å². The average Bonchev–Trinajstić information content (AvgIpc) is 3.18. The third-order valence-electron chi connectivity index (χ3n) is 8.74. The van der Waals surface area contributed by atoms with Crippen LogP contribution in [0.1, 0.15) is 57.9 Å². The minimum atomic E-state index is -1.65. The molecule has 6 atom stereocenters. The molecule has 36 heavy (non-hydrogen) atoms. The summed E-state index contributed by atoms with van der Waals surface area (Å²) in [4.78, 5) is 37.7. The fourth-order valence-electron chi connectivity index (χ4n) is 7.07. The SMILES string of the molecule is C=C1CC[C@H]2[C@@](C)(CCC(=O)N[C@@]2(C)C(c2ccccc2)C(C)(N)C(=O)O)[C@@H]1/C=C/C1=CCOC1=O. The van der Waals surface area contributed by atoms with Gasteiger partial charge >= 0.3 is 11.9 Å². The number of ether oxygens (including phenoxy) is 1. The lowest BCUT2D eigenvalue weighted by atomic mass is 9.49. The zero-order valence-electron chi connectivity index (χ0n) is 21.3. The van der Waals surface area contributed by atoms with Crippen LogP contribution in [0.25, 0.3) is 0 Å². The van der Waals surface area contributed by atoms with Crippen LogP contribution in [0.4, 0.5) is 0 Å². The Kier molecular flexibility index (Phi) is 6.73. The molecule has 4 N–H and O–H groups in total. The number of allylic oxidation sites excluding steroid dienone is 2. The number of esters is 1. The third-order valence-corrected chi connectivity index (χ3v) is 8.74. The summed E-state index contributed by atoms with van der Waals surface area (Å²) in [6.45, 7) is 10.3. The Balaban J connectivity index is 1.86. The summed E-state index contributed by atoms with van der Waals surface area (Å²) in [5.41, 5.74) is 5.89. The molecule has 1 amide bonds. The molecular weight excluding hydrogens is 456 g/mol. The molecule has 0 spiro atoms. The van der Waals surface area contributed by atoms with Crippen molar-refractivity contribution in [3.8, 4) is 0 Å².